The predicted octanol–water partition coefficient (Wildman–Crippen LogP) is 0.934. The molecule has 0 spiro atoms. The van der Waals surface area contributed by atoms with Gasteiger partial charge in [-0.05, 0) is 24.1 Å². The van der Waals surface area contributed by atoms with Crippen LogP contribution in [0.25, 0.3) is 0 Å². The van der Waals surface area contributed by atoms with Crippen LogP contribution in [0.15, 0.2) is 24.3 Å². The summed E-state index contributed by atoms with van der Waals surface area (Å²) in [6.07, 6.45) is 0.558. The highest BCUT2D eigenvalue weighted by molar-refractivity contribution is 5.97. The molecule has 1 aromatic carbocycles. The lowest BCUT2D eigenvalue weighted by Gasteiger charge is -2.30. The lowest BCUT2D eigenvalue weighted by atomic mass is 10.1. The van der Waals surface area contributed by atoms with Gasteiger partial charge in [0.1, 0.15) is 6.04 Å². The second-order valence-corrected chi connectivity index (χ2v) is 5.27. The largest absolute Gasteiger partial charge is 0.378 e. The van der Waals surface area contributed by atoms with Gasteiger partial charge in [-0.15, -0.1) is 12.4 Å². The molecular formula is C16H24ClN3O3. The molecule has 2 amide bonds. The Morgan fingerprint density at radius 3 is 2.39 bits per heavy atom. The number of rotatable bonds is 5. The Labute approximate surface area is 142 Å². The molecule has 1 fully saturated rings. The van der Waals surface area contributed by atoms with Crippen LogP contribution >= 0.6 is 12.4 Å². The highest BCUT2D eigenvalue weighted by Gasteiger charge is 2.26. The highest BCUT2D eigenvalue weighted by atomic mass is 35.5. The molecule has 1 aliphatic rings. The molecular weight excluding hydrogens is 318 g/mol. The number of nitrogens with two attached hydrogens (primary N) is 1. The van der Waals surface area contributed by atoms with Gasteiger partial charge in [0.2, 0.25) is 5.91 Å². The third kappa shape index (κ3) is 5.20. The van der Waals surface area contributed by atoms with Crippen LogP contribution in [0.2, 0.25) is 0 Å². The number of benzene rings is 1. The quantitative estimate of drug-likeness (QED) is 0.834. The van der Waals surface area contributed by atoms with Gasteiger partial charge in [0.25, 0.3) is 5.91 Å². The number of nitrogens with one attached hydrogen (secondary N) is 1. The van der Waals surface area contributed by atoms with Crippen molar-refractivity contribution in [3.8, 4) is 0 Å². The van der Waals surface area contributed by atoms with Crippen LogP contribution in [0, 0.1) is 0 Å². The van der Waals surface area contributed by atoms with Crippen LogP contribution in [0.3, 0.4) is 0 Å². The summed E-state index contributed by atoms with van der Waals surface area (Å²) >= 11 is 0. The van der Waals surface area contributed by atoms with E-state index in [0.29, 0.717) is 44.8 Å². The van der Waals surface area contributed by atoms with Crippen molar-refractivity contribution in [2.45, 2.75) is 25.9 Å². The normalized spacial score (nSPS) is 15.5. The number of carbonyl (C=O) groups excluding carboxylic acids is 2. The maximum Gasteiger partial charge on any atom is 0.251 e. The fourth-order valence-corrected chi connectivity index (χ4v) is 2.38. The molecule has 1 unspecified atom stereocenters. The van der Waals surface area contributed by atoms with E-state index < -0.39 is 6.04 Å². The van der Waals surface area contributed by atoms with Crippen LogP contribution in [-0.2, 0) is 16.1 Å². The van der Waals surface area contributed by atoms with Gasteiger partial charge in [-0.1, -0.05) is 19.1 Å². The molecule has 1 aromatic rings. The van der Waals surface area contributed by atoms with Crippen molar-refractivity contribution < 1.29 is 14.3 Å². The Bertz CT molecular complexity index is 516. The SMILES string of the molecule is CCC(NC(=O)c1ccc(CN)cc1)C(=O)N1CCOCC1.Cl. The zero-order valence-corrected chi connectivity index (χ0v) is 14.1. The van der Waals surface area contributed by atoms with Gasteiger partial charge in [-0.25, -0.2) is 0 Å². The molecule has 2 rings (SSSR count). The third-order valence-electron chi connectivity index (χ3n) is 3.79. The molecule has 0 saturated carbocycles. The van der Waals surface area contributed by atoms with E-state index in [9.17, 15) is 9.59 Å². The lowest BCUT2D eigenvalue weighted by Crippen LogP contribution is -2.51. The number of amides is 2. The van der Waals surface area contributed by atoms with Crippen LogP contribution in [0.4, 0.5) is 0 Å². The standard InChI is InChI=1S/C16H23N3O3.ClH/c1-2-14(16(21)19-7-9-22-10-8-19)18-15(20)13-5-3-12(11-17)4-6-13;/h3-6,14H,2,7-11,17H2,1H3,(H,18,20);1H. The second-order valence-electron chi connectivity index (χ2n) is 5.27. The number of morpholine rings is 1. The zero-order valence-electron chi connectivity index (χ0n) is 13.3. The van der Waals surface area contributed by atoms with Gasteiger partial charge in [0.15, 0.2) is 0 Å². The van der Waals surface area contributed by atoms with Crippen molar-refractivity contribution in [2.75, 3.05) is 26.3 Å². The Hall–Kier alpha value is -1.63. The van der Waals surface area contributed by atoms with Gasteiger partial charge in [-0.3, -0.25) is 9.59 Å². The Morgan fingerprint density at radius 1 is 1.26 bits per heavy atom. The van der Waals surface area contributed by atoms with Crippen molar-refractivity contribution in [3.05, 3.63) is 35.4 Å². The van der Waals surface area contributed by atoms with Crippen molar-refractivity contribution in [3.63, 3.8) is 0 Å². The lowest BCUT2D eigenvalue weighted by molar-refractivity contribution is -0.137. The average Bonchev–Trinajstić information content (AvgIpc) is 2.59. The molecule has 0 radical (unpaired) electrons. The minimum absolute atomic E-state index is 0. The first kappa shape index (κ1) is 19.4. The van der Waals surface area contributed by atoms with Gasteiger partial charge in [0.05, 0.1) is 13.2 Å². The monoisotopic (exact) mass is 341 g/mol. The number of carbonyl (C=O) groups is 2. The van der Waals surface area contributed by atoms with Gasteiger partial charge >= 0.3 is 0 Å². The first-order valence-corrected chi connectivity index (χ1v) is 7.62. The smallest absolute Gasteiger partial charge is 0.251 e. The average molecular weight is 342 g/mol. The Morgan fingerprint density at radius 2 is 1.87 bits per heavy atom. The molecule has 1 heterocycles. The highest BCUT2D eigenvalue weighted by Crippen LogP contribution is 2.07. The van der Waals surface area contributed by atoms with Crippen molar-refractivity contribution in [1.29, 1.82) is 0 Å². The summed E-state index contributed by atoms with van der Waals surface area (Å²) in [6, 6.07) is 6.59. The van der Waals surface area contributed by atoms with E-state index in [-0.39, 0.29) is 24.2 Å². The van der Waals surface area contributed by atoms with E-state index in [4.69, 9.17) is 10.5 Å². The predicted molar refractivity (Wildman–Crippen MR) is 90.5 cm³/mol. The number of ether oxygens (including phenoxy) is 1. The van der Waals surface area contributed by atoms with Crippen molar-refractivity contribution >= 4 is 24.2 Å². The summed E-state index contributed by atoms with van der Waals surface area (Å²) in [4.78, 5) is 26.4. The topological polar surface area (TPSA) is 84.7 Å². The molecule has 3 N–H and O–H groups in total. The molecule has 128 valence electrons. The second kappa shape index (κ2) is 9.50. The zero-order chi connectivity index (χ0) is 15.9. The maximum atomic E-state index is 12.4. The van der Waals surface area contributed by atoms with E-state index in [1.165, 1.54) is 0 Å². The van der Waals surface area contributed by atoms with E-state index in [1.807, 2.05) is 19.1 Å². The number of halogens is 1. The van der Waals surface area contributed by atoms with Crippen LogP contribution in [0.1, 0.15) is 29.3 Å². The molecule has 1 atom stereocenters. The van der Waals surface area contributed by atoms with Crippen LogP contribution in [-0.4, -0.2) is 49.1 Å². The number of nitrogens with zero attached hydrogens (tertiary/aromatic N) is 1. The van der Waals surface area contributed by atoms with Crippen molar-refractivity contribution in [1.82, 2.24) is 10.2 Å². The summed E-state index contributed by atoms with van der Waals surface area (Å²) in [5, 5.41) is 2.82. The van der Waals surface area contributed by atoms with E-state index >= 15 is 0 Å². The molecule has 23 heavy (non-hydrogen) atoms. The molecule has 1 saturated heterocycles. The molecule has 0 aromatic heterocycles. The molecule has 7 heteroatoms. The number of hydrogen-bond acceptors (Lipinski definition) is 4. The van der Waals surface area contributed by atoms with Crippen LogP contribution < -0.4 is 11.1 Å². The summed E-state index contributed by atoms with van der Waals surface area (Å²) in [7, 11) is 0. The third-order valence-corrected chi connectivity index (χ3v) is 3.79. The van der Waals surface area contributed by atoms with Crippen LogP contribution in [0.5, 0.6) is 0 Å². The Kier molecular flexibility index (Phi) is 8.02. The van der Waals surface area contributed by atoms with Gasteiger partial charge in [0, 0.05) is 25.2 Å². The summed E-state index contributed by atoms with van der Waals surface area (Å²) in [6.45, 7) is 4.59. The van der Waals surface area contributed by atoms with E-state index in [2.05, 4.69) is 5.32 Å². The van der Waals surface area contributed by atoms with E-state index in [1.54, 1.807) is 17.0 Å². The number of hydrogen-bond donors (Lipinski definition) is 2. The molecule has 0 bridgehead atoms. The molecule has 0 aliphatic carbocycles. The van der Waals surface area contributed by atoms with Crippen molar-refractivity contribution in [2.24, 2.45) is 5.73 Å². The fourth-order valence-electron chi connectivity index (χ4n) is 2.38. The van der Waals surface area contributed by atoms with E-state index in [0.717, 1.165) is 5.56 Å². The minimum atomic E-state index is -0.500. The Balaban J connectivity index is 0.00000264. The first-order chi connectivity index (χ1) is 10.7. The summed E-state index contributed by atoms with van der Waals surface area (Å²) < 4.78 is 5.24. The molecule has 6 nitrogen and oxygen atoms in total. The fraction of sp³-hybridized carbons (Fsp3) is 0.500. The summed E-state index contributed by atoms with van der Waals surface area (Å²) in [5.41, 5.74) is 7.04. The maximum absolute atomic E-state index is 12.4. The minimum Gasteiger partial charge on any atom is -0.378 e. The summed E-state index contributed by atoms with van der Waals surface area (Å²) in [5.74, 6) is -0.283. The molecule has 1 aliphatic heterocycles. The first-order valence-electron chi connectivity index (χ1n) is 7.62. The van der Waals surface area contributed by atoms with Gasteiger partial charge < -0.3 is 20.7 Å². The van der Waals surface area contributed by atoms with Gasteiger partial charge in [-0.2, -0.15) is 0 Å².